The van der Waals surface area contributed by atoms with Gasteiger partial charge in [0.1, 0.15) is 6.04 Å². The minimum Gasteiger partial charge on any atom is -0.356 e. The van der Waals surface area contributed by atoms with E-state index >= 15 is 0 Å². The molecule has 0 aromatic heterocycles. The molecule has 9 heteroatoms. The fourth-order valence-corrected chi connectivity index (χ4v) is 5.78. The Kier molecular flexibility index (Phi) is 12.1. The Labute approximate surface area is 253 Å². The van der Waals surface area contributed by atoms with Crippen LogP contribution in [0, 0.1) is 11.8 Å². The third-order valence-corrected chi connectivity index (χ3v) is 8.23. The van der Waals surface area contributed by atoms with Crippen molar-refractivity contribution in [3.8, 4) is 0 Å². The second kappa shape index (κ2) is 16.4. The molecule has 4 amide bonds. The van der Waals surface area contributed by atoms with E-state index in [4.69, 9.17) is 0 Å². The predicted molar refractivity (Wildman–Crippen MR) is 164 cm³/mol. The summed E-state index contributed by atoms with van der Waals surface area (Å²) in [7, 11) is 0. The molecule has 43 heavy (non-hydrogen) atoms. The average molecular weight is 587 g/mol. The lowest BCUT2D eigenvalue weighted by molar-refractivity contribution is -0.140. The van der Waals surface area contributed by atoms with Crippen LogP contribution >= 0.6 is 0 Å². The highest BCUT2D eigenvalue weighted by Gasteiger charge is 2.33. The van der Waals surface area contributed by atoms with E-state index in [-0.39, 0.29) is 30.7 Å². The van der Waals surface area contributed by atoms with Crippen LogP contribution in [0.4, 0.5) is 0 Å². The largest absolute Gasteiger partial charge is 0.356 e. The quantitative estimate of drug-likeness (QED) is 0.199. The van der Waals surface area contributed by atoms with Gasteiger partial charge >= 0.3 is 0 Å². The second-order valence-corrected chi connectivity index (χ2v) is 11.6. The fraction of sp³-hybridized carbons (Fsp3) is 0.441. The van der Waals surface area contributed by atoms with Gasteiger partial charge in [-0.25, -0.2) is 0 Å². The van der Waals surface area contributed by atoms with E-state index < -0.39 is 35.6 Å². The molecule has 0 bridgehead atoms. The van der Waals surface area contributed by atoms with Crippen molar-refractivity contribution in [2.24, 2.45) is 11.8 Å². The number of nitrogens with one attached hydrogen (secondary N) is 4. The van der Waals surface area contributed by atoms with Gasteiger partial charge in [0, 0.05) is 25.6 Å². The summed E-state index contributed by atoms with van der Waals surface area (Å²) >= 11 is 0. The standard InChI is InChI=1S/C34H42N4O5/c39-30(19-17-24-10-4-1-5-11-24)37-29(20-25-12-6-2-7-13-25)33(42)38-28(18-16-27-21-31(40)35-23-27)32(41)34(43)36-22-26-14-8-3-9-15-26/h1,3-5,8-11,14-15,17,19,25,27-29H,2,6-7,12-13,16,18,20-23H2,(H,35,40)(H,36,43)(H,37,39)(H,38,42)/b19-17+/t27?,28-,29-/m0/s1. The fourth-order valence-electron chi connectivity index (χ4n) is 5.78. The first-order valence-corrected chi connectivity index (χ1v) is 15.3. The van der Waals surface area contributed by atoms with E-state index in [2.05, 4.69) is 21.3 Å². The Morgan fingerprint density at radius 1 is 0.860 bits per heavy atom. The molecule has 2 aliphatic rings. The van der Waals surface area contributed by atoms with Gasteiger partial charge in [0.25, 0.3) is 5.91 Å². The molecular weight excluding hydrogens is 544 g/mol. The molecule has 0 spiro atoms. The van der Waals surface area contributed by atoms with Crippen LogP contribution in [0.3, 0.4) is 0 Å². The van der Waals surface area contributed by atoms with Crippen molar-refractivity contribution in [1.29, 1.82) is 0 Å². The van der Waals surface area contributed by atoms with E-state index in [1.165, 1.54) is 6.08 Å². The predicted octanol–water partition coefficient (Wildman–Crippen LogP) is 3.44. The van der Waals surface area contributed by atoms with Crippen LogP contribution in [0.25, 0.3) is 6.08 Å². The summed E-state index contributed by atoms with van der Waals surface area (Å²) in [6.45, 7) is 0.684. The number of carbonyl (C=O) groups excluding carboxylic acids is 5. The maximum absolute atomic E-state index is 13.7. The van der Waals surface area contributed by atoms with Crippen molar-refractivity contribution in [3.05, 3.63) is 77.9 Å². The number of amides is 4. The van der Waals surface area contributed by atoms with Gasteiger partial charge in [-0.05, 0) is 48.3 Å². The van der Waals surface area contributed by atoms with Gasteiger partial charge in [-0.15, -0.1) is 0 Å². The maximum atomic E-state index is 13.7. The molecule has 3 atom stereocenters. The van der Waals surface area contributed by atoms with Crippen LogP contribution < -0.4 is 21.3 Å². The average Bonchev–Trinajstić information content (AvgIpc) is 3.46. The van der Waals surface area contributed by atoms with Gasteiger partial charge in [-0.1, -0.05) is 92.8 Å². The summed E-state index contributed by atoms with van der Waals surface area (Å²) in [5.41, 5.74) is 1.71. The van der Waals surface area contributed by atoms with Crippen LogP contribution in [0.1, 0.15) is 68.9 Å². The molecule has 0 radical (unpaired) electrons. The Hall–Kier alpha value is -4.27. The number of benzene rings is 2. The molecule has 1 saturated carbocycles. The third kappa shape index (κ3) is 10.5. The number of hydrogen-bond donors (Lipinski definition) is 4. The van der Waals surface area contributed by atoms with Crippen LogP contribution in [0.2, 0.25) is 0 Å². The molecule has 2 fully saturated rings. The molecule has 4 N–H and O–H groups in total. The van der Waals surface area contributed by atoms with Crippen molar-refractivity contribution in [3.63, 3.8) is 0 Å². The van der Waals surface area contributed by atoms with E-state index in [1.54, 1.807) is 6.08 Å². The van der Waals surface area contributed by atoms with Crippen molar-refractivity contribution in [2.45, 2.75) is 76.4 Å². The first-order valence-electron chi connectivity index (χ1n) is 15.3. The molecule has 1 unspecified atom stereocenters. The minimum atomic E-state index is -1.08. The SMILES string of the molecule is O=C(/C=C/c1ccccc1)N[C@@H](CC1CCCCC1)C(=O)N[C@@H](CCC1CNC(=O)C1)C(=O)C(=O)NCc1ccccc1. The first-order chi connectivity index (χ1) is 20.9. The van der Waals surface area contributed by atoms with Crippen molar-refractivity contribution >= 4 is 35.5 Å². The molecule has 1 aliphatic carbocycles. The summed E-state index contributed by atoms with van der Waals surface area (Å²) in [6.07, 6.45) is 9.87. The number of rotatable bonds is 14. The summed E-state index contributed by atoms with van der Waals surface area (Å²) in [4.78, 5) is 64.6. The lowest BCUT2D eigenvalue weighted by atomic mass is 9.84. The van der Waals surface area contributed by atoms with Crippen molar-refractivity contribution in [2.75, 3.05) is 6.54 Å². The van der Waals surface area contributed by atoms with E-state index in [1.807, 2.05) is 60.7 Å². The van der Waals surface area contributed by atoms with Gasteiger partial charge in [-0.3, -0.25) is 24.0 Å². The van der Waals surface area contributed by atoms with Crippen LogP contribution in [0.15, 0.2) is 66.7 Å². The van der Waals surface area contributed by atoms with E-state index in [0.29, 0.717) is 25.8 Å². The normalized spacial score (nSPS) is 18.4. The first kappa shape index (κ1) is 31.7. The molecular formula is C34H42N4O5. The monoisotopic (exact) mass is 586 g/mol. The number of ketones is 1. The molecule has 2 aromatic carbocycles. The van der Waals surface area contributed by atoms with Gasteiger partial charge in [0.2, 0.25) is 23.5 Å². The Morgan fingerprint density at radius 2 is 1.56 bits per heavy atom. The highest BCUT2D eigenvalue weighted by Crippen LogP contribution is 2.27. The highest BCUT2D eigenvalue weighted by molar-refractivity contribution is 6.38. The Bertz CT molecular complexity index is 1270. The zero-order valence-electron chi connectivity index (χ0n) is 24.6. The number of hydrogen-bond acceptors (Lipinski definition) is 5. The van der Waals surface area contributed by atoms with Gasteiger partial charge in [0.15, 0.2) is 0 Å². The summed E-state index contributed by atoms with van der Waals surface area (Å²) in [5, 5.41) is 11.1. The zero-order chi connectivity index (χ0) is 30.4. The maximum Gasteiger partial charge on any atom is 0.289 e. The van der Waals surface area contributed by atoms with Crippen LogP contribution in [0.5, 0.6) is 0 Å². The molecule has 1 aliphatic heterocycles. The van der Waals surface area contributed by atoms with E-state index in [9.17, 15) is 24.0 Å². The number of carbonyl (C=O) groups is 5. The smallest absolute Gasteiger partial charge is 0.289 e. The third-order valence-electron chi connectivity index (χ3n) is 8.23. The van der Waals surface area contributed by atoms with Crippen molar-refractivity contribution < 1.29 is 24.0 Å². The molecule has 228 valence electrons. The summed E-state index contributed by atoms with van der Waals surface area (Å²) in [5.74, 6) is -2.16. The Morgan fingerprint density at radius 3 is 2.23 bits per heavy atom. The molecule has 4 rings (SSSR count). The second-order valence-electron chi connectivity index (χ2n) is 11.6. The minimum absolute atomic E-state index is 0.0212. The Balaban J connectivity index is 1.45. The van der Waals surface area contributed by atoms with Crippen molar-refractivity contribution in [1.82, 2.24) is 21.3 Å². The molecule has 1 heterocycles. The van der Waals surface area contributed by atoms with Gasteiger partial charge in [0.05, 0.1) is 6.04 Å². The molecule has 2 aromatic rings. The van der Waals surface area contributed by atoms with Crippen LogP contribution in [-0.4, -0.2) is 48.0 Å². The lowest BCUT2D eigenvalue weighted by Gasteiger charge is -2.28. The topological polar surface area (TPSA) is 133 Å². The summed E-state index contributed by atoms with van der Waals surface area (Å²) < 4.78 is 0. The number of Topliss-reactive ketones (excluding diaryl/α,β-unsaturated/α-hetero) is 1. The highest BCUT2D eigenvalue weighted by atomic mass is 16.2. The molecule has 1 saturated heterocycles. The van der Waals surface area contributed by atoms with Gasteiger partial charge < -0.3 is 21.3 Å². The van der Waals surface area contributed by atoms with Gasteiger partial charge in [-0.2, -0.15) is 0 Å². The van der Waals surface area contributed by atoms with Crippen LogP contribution in [-0.2, 0) is 30.5 Å². The molecule has 9 nitrogen and oxygen atoms in total. The van der Waals surface area contributed by atoms with E-state index in [0.717, 1.165) is 43.2 Å². The lowest BCUT2D eigenvalue weighted by Crippen LogP contribution is -2.54. The summed E-state index contributed by atoms with van der Waals surface area (Å²) in [6, 6.07) is 16.7. The zero-order valence-corrected chi connectivity index (χ0v) is 24.6.